The van der Waals surface area contributed by atoms with E-state index in [1.807, 2.05) is 35.0 Å². The van der Waals surface area contributed by atoms with Crippen molar-refractivity contribution in [2.45, 2.75) is 13.1 Å². The number of carbonyl (C=O) groups is 1. The van der Waals surface area contributed by atoms with Gasteiger partial charge in [0.25, 0.3) is 0 Å². The molecule has 0 spiro atoms. The molecule has 0 aliphatic rings. The van der Waals surface area contributed by atoms with Gasteiger partial charge in [-0.1, -0.05) is 30.3 Å². The van der Waals surface area contributed by atoms with Gasteiger partial charge in [-0.25, -0.2) is 9.18 Å². The van der Waals surface area contributed by atoms with E-state index in [9.17, 15) is 9.18 Å². The molecule has 0 fully saturated rings. The third-order valence-electron chi connectivity index (χ3n) is 4.01. The molecule has 0 atom stereocenters. The zero-order valence-electron chi connectivity index (χ0n) is 14.4. The van der Waals surface area contributed by atoms with Crippen molar-refractivity contribution in [2.75, 3.05) is 12.4 Å². The summed E-state index contributed by atoms with van der Waals surface area (Å²) < 4.78 is 21.0. The first-order chi connectivity index (χ1) is 12.7. The minimum absolute atomic E-state index is 0.242. The summed E-state index contributed by atoms with van der Waals surface area (Å²) in [6.45, 7) is 0.729. The number of rotatable bonds is 6. The molecule has 0 saturated carbocycles. The summed E-state index contributed by atoms with van der Waals surface area (Å²) in [5, 5.41) is 5.56. The predicted molar refractivity (Wildman–Crippen MR) is 98.8 cm³/mol. The summed E-state index contributed by atoms with van der Waals surface area (Å²) in [5.41, 5.74) is 2.07. The second-order valence-electron chi connectivity index (χ2n) is 5.73. The largest absolute Gasteiger partial charge is 0.495 e. The fraction of sp³-hybridized carbons (Fsp3) is 0.150. The van der Waals surface area contributed by atoms with Crippen LogP contribution in [0.1, 0.15) is 11.3 Å². The van der Waals surface area contributed by atoms with E-state index in [1.54, 1.807) is 37.4 Å². The lowest BCUT2D eigenvalue weighted by molar-refractivity contribution is 0.251. The van der Waals surface area contributed by atoms with Crippen molar-refractivity contribution in [3.8, 4) is 5.75 Å². The van der Waals surface area contributed by atoms with Gasteiger partial charge in [0.05, 0.1) is 25.9 Å². The SMILES string of the molecule is COc1ccccc1NC(=O)NCc1cccn1Cc1ccccc1F. The minimum Gasteiger partial charge on any atom is -0.495 e. The topological polar surface area (TPSA) is 55.3 Å². The second kappa shape index (κ2) is 8.20. The fourth-order valence-electron chi connectivity index (χ4n) is 2.66. The van der Waals surface area contributed by atoms with Crippen molar-refractivity contribution in [1.29, 1.82) is 0 Å². The highest BCUT2D eigenvalue weighted by molar-refractivity contribution is 5.90. The van der Waals surface area contributed by atoms with Gasteiger partial charge in [0.2, 0.25) is 0 Å². The highest BCUT2D eigenvalue weighted by Gasteiger charge is 2.09. The van der Waals surface area contributed by atoms with Crippen LogP contribution in [0.3, 0.4) is 0 Å². The summed E-state index contributed by atoms with van der Waals surface area (Å²) >= 11 is 0. The average Bonchev–Trinajstić information content (AvgIpc) is 3.09. The van der Waals surface area contributed by atoms with Gasteiger partial charge in [-0.05, 0) is 30.3 Å². The maximum absolute atomic E-state index is 13.8. The van der Waals surface area contributed by atoms with Gasteiger partial charge in [-0.2, -0.15) is 0 Å². The molecule has 1 aromatic heterocycles. The van der Waals surface area contributed by atoms with Crippen LogP contribution in [0.4, 0.5) is 14.9 Å². The van der Waals surface area contributed by atoms with E-state index >= 15 is 0 Å². The van der Waals surface area contributed by atoms with E-state index < -0.39 is 0 Å². The first-order valence-corrected chi connectivity index (χ1v) is 8.22. The van der Waals surface area contributed by atoms with Crippen molar-refractivity contribution in [2.24, 2.45) is 0 Å². The maximum Gasteiger partial charge on any atom is 0.319 e. The molecule has 0 bridgehead atoms. The molecule has 0 radical (unpaired) electrons. The number of aromatic nitrogens is 1. The van der Waals surface area contributed by atoms with Crippen LogP contribution in [0, 0.1) is 5.82 Å². The van der Waals surface area contributed by atoms with Crippen molar-refractivity contribution >= 4 is 11.7 Å². The zero-order chi connectivity index (χ0) is 18.4. The van der Waals surface area contributed by atoms with Crippen molar-refractivity contribution in [1.82, 2.24) is 9.88 Å². The molecule has 1 heterocycles. The summed E-state index contributed by atoms with van der Waals surface area (Å²) in [4.78, 5) is 12.2. The smallest absolute Gasteiger partial charge is 0.319 e. The van der Waals surface area contributed by atoms with Gasteiger partial charge in [-0.3, -0.25) is 0 Å². The number of hydrogen-bond acceptors (Lipinski definition) is 2. The van der Waals surface area contributed by atoms with Gasteiger partial charge in [0.15, 0.2) is 0 Å². The number of amides is 2. The van der Waals surface area contributed by atoms with Crippen LogP contribution in [0.15, 0.2) is 66.9 Å². The molecule has 0 aliphatic carbocycles. The number of methoxy groups -OCH3 is 1. The number of carbonyl (C=O) groups excluding carboxylic acids is 1. The first kappa shape index (κ1) is 17.5. The number of halogens is 1. The van der Waals surface area contributed by atoms with E-state index in [0.29, 0.717) is 30.1 Å². The van der Waals surface area contributed by atoms with E-state index in [-0.39, 0.29) is 11.8 Å². The van der Waals surface area contributed by atoms with E-state index in [0.717, 1.165) is 5.69 Å². The third-order valence-corrected chi connectivity index (χ3v) is 4.01. The Hall–Kier alpha value is -3.28. The number of nitrogens with one attached hydrogen (secondary N) is 2. The molecule has 0 aliphatic heterocycles. The van der Waals surface area contributed by atoms with Gasteiger partial charge >= 0.3 is 6.03 Å². The highest BCUT2D eigenvalue weighted by atomic mass is 19.1. The van der Waals surface area contributed by atoms with Crippen LogP contribution >= 0.6 is 0 Å². The number of benzene rings is 2. The Morgan fingerprint density at radius 3 is 2.65 bits per heavy atom. The molecule has 5 nitrogen and oxygen atoms in total. The number of hydrogen-bond donors (Lipinski definition) is 2. The Kier molecular flexibility index (Phi) is 5.53. The van der Waals surface area contributed by atoms with Crippen LogP contribution < -0.4 is 15.4 Å². The molecular formula is C20H20FN3O2. The normalized spacial score (nSPS) is 10.4. The van der Waals surface area contributed by atoms with Crippen molar-refractivity contribution in [3.63, 3.8) is 0 Å². The lowest BCUT2D eigenvalue weighted by Gasteiger charge is -2.13. The van der Waals surface area contributed by atoms with Gasteiger partial charge in [0.1, 0.15) is 11.6 Å². The molecule has 6 heteroatoms. The Balaban J connectivity index is 1.61. The van der Waals surface area contributed by atoms with E-state index in [2.05, 4.69) is 10.6 Å². The summed E-state index contributed by atoms with van der Waals surface area (Å²) in [7, 11) is 1.55. The van der Waals surface area contributed by atoms with Gasteiger partial charge < -0.3 is 19.9 Å². The molecule has 2 N–H and O–H groups in total. The van der Waals surface area contributed by atoms with E-state index in [1.165, 1.54) is 6.07 Å². The Bertz CT molecular complexity index is 892. The number of para-hydroxylation sites is 2. The Labute approximate surface area is 151 Å². The number of ether oxygens (including phenoxy) is 1. The maximum atomic E-state index is 13.8. The zero-order valence-corrected chi connectivity index (χ0v) is 14.4. The molecule has 134 valence electrons. The molecule has 0 unspecified atom stereocenters. The van der Waals surface area contributed by atoms with Crippen LogP contribution in [0.5, 0.6) is 5.75 Å². The monoisotopic (exact) mass is 353 g/mol. The summed E-state index contributed by atoms with van der Waals surface area (Å²) in [6.07, 6.45) is 1.86. The predicted octanol–water partition coefficient (Wildman–Crippen LogP) is 4.01. The summed E-state index contributed by atoms with van der Waals surface area (Å²) in [5.74, 6) is 0.347. The van der Waals surface area contributed by atoms with Crippen LogP contribution in [-0.2, 0) is 13.1 Å². The number of anilines is 1. The first-order valence-electron chi connectivity index (χ1n) is 8.22. The molecule has 3 rings (SSSR count). The van der Waals surface area contributed by atoms with Gasteiger partial charge in [-0.15, -0.1) is 0 Å². The van der Waals surface area contributed by atoms with Crippen molar-refractivity contribution in [3.05, 3.63) is 83.9 Å². The van der Waals surface area contributed by atoms with Crippen LogP contribution in [0.2, 0.25) is 0 Å². The highest BCUT2D eigenvalue weighted by Crippen LogP contribution is 2.22. The molecule has 2 amide bonds. The standard InChI is InChI=1S/C20H20FN3O2/c1-26-19-11-5-4-10-18(19)23-20(25)22-13-16-8-6-12-24(16)14-15-7-2-3-9-17(15)21/h2-12H,13-14H2,1H3,(H2,22,23,25). The fourth-order valence-corrected chi connectivity index (χ4v) is 2.66. The molecular weight excluding hydrogens is 333 g/mol. The molecule has 26 heavy (non-hydrogen) atoms. The molecule has 0 saturated heterocycles. The average molecular weight is 353 g/mol. The van der Waals surface area contributed by atoms with Crippen molar-refractivity contribution < 1.29 is 13.9 Å². The molecule has 2 aromatic carbocycles. The molecule has 3 aromatic rings. The van der Waals surface area contributed by atoms with Crippen LogP contribution in [-0.4, -0.2) is 17.7 Å². The Morgan fingerprint density at radius 2 is 1.85 bits per heavy atom. The lowest BCUT2D eigenvalue weighted by Crippen LogP contribution is -2.29. The Morgan fingerprint density at radius 1 is 1.08 bits per heavy atom. The quantitative estimate of drug-likeness (QED) is 0.704. The number of urea groups is 1. The third kappa shape index (κ3) is 4.22. The minimum atomic E-state index is -0.340. The van der Waals surface area contributed by atoms with E-state index in [4.69, 9.17) is 4.74 Å². The summed E-state index contributed by atoms with van der Waals surface area (Å²) in [6, 6.07) is 17.3. The number of nitrogens with zero attached hydrogens (tertiary/aromatic N) is 1. The van der Waals surface area contributed by atoms with Gasteiger partial charge in [0, 0.05) is 17.5 Å². The second-order valence-corrected chi connectivity index (χ2v) is 5.73. The lowest BCUT2D eigenvalue weighted by atomic mass is 10.2. The van der Waals surface area contributed by atoms with Crippen LogP contribution in [0.25, 0.3) is 0 Å².